The van der Waals surface area contributed by atoms with Crippen LogP contribution in [0.2, 0.25) is 0 Å². The first-order valence-electron chi connectivity index (χ1n) is 10.1. The average molecular weight is 433 g/mol. The van der Waals surface area contributed by atoms with Gasteiger partial charge in [0.15, 0.2) is 0 Å². The molecule has 1 atom stereocenters. The van der Waals surface area contributed by atoms with E-state index < -0.39 is 0 Å². The van der Waals surface area contributed by atoms with E-state index in [4.69, 9.17) is 4.74 Å². The second-order valence-electron chi connectivity index (χ2n) is 7.45. The summed E-state index contributed by atoms with van der Waals surface area (Å²) in [5.41, 5.74) is 3.62. The third kappa shape index (κ3) is 4.91. The Morgan fingerprint density at radius 3 is 2.61 bits per heavy atom. The number of carbonyl (C=O) groups excluding carboxylic acids is 2. The van der Waals surface area contributed by atoms with E-state index in [1.165, 1.54) is 0 Å². The summed E-state index contributed by atoms with van der Waals surface area (Å²) in [6.45, 7) is 1.94. The van der Waals surface area contributed by atoms with Crippen LogP contribution in [0.15, 0.2) is 77.7 Å². The first-order valence-corrected chi connectivity index (χ1v) is 11.0. The molecule has 1 heterocycles. The van der Waals surface area contributed by atoms with Gasteiger partial charge in [-0.25, -0.2) is 0 Å². The summed E-state index contributed by atoms with van der Waals surface area (Å²) in [5.74, 6) is 0.489. The first-order chi connectivity index (χ1) is 15.0. The molecule has 0 aliphatic carbocycles. The number of carbonyl (C=O) groups is 2. The lowest BCUT2D eigenvalue weighted by atomic mass is 10.1. The minimum atomic E-state index is -0.221. The number of aryl methyl sites for hydroxylation is 1. The first kappa shape index (κ1) is 21.0. The molecule has 0 aromatic heterocycles. The zero-order chi connectivity index (χ0) is 21.8. The van der Waals surface area contributed by atoms with E-state index in [9.17, 15) is 9.59 Å². The number of ether oxygens (including phenoxy) is 1. The molecule has 0 fully saturated rings. The summed E-state index contributed by atoms with van der Waals surface area (Å²) in [4.78, 5) is 28.6. The molecular formula is C25H24N2O3S. The van der Waals surface area contributed by atoms with E-state index in [2.05, 4.69) is 5.32 Å². The van der Waals surface area contributed by atoms with Gasteiger partial charge in [0.05, 0.1) is 12.8 Å². The molecular weight excluding hydrogens is 408 g/mol. The van der Waals surface area contributed by atoms with Crippen molar-refractivity contribution in [1.29, 1.82) is 0 Å². The van der Waals surface area contributed by atoms with Crippen LogP contribution in [0, 0.1) is 6.92 Å². The Hall–Kier alpha value is -3.25. The van der Waals surface area contributed by atoms with E-state index in [0.29, 0.717) is 6.42 Å². The fourth-order valence-electron chi connectivity index (χ4n) is 3.62. The largest absolute Gasteiger partial charge is 0.497 e. The van der Waals surface area contributed by atoms with Crippen molar-refractivity contribution < 1.29 is 14.3 Å². The third-order valence-electron chi connectivity index (χ3n) is 5.18. The molecule has 0 radical (unpaired) electrons. The van der Waals surface area contributed by atoms with Crippen molar-refractivity contribution in [3.63, 3.8) is 0 Å². The molecule has 1 unspecified atom stereocenters. The predicted octanol–water partition coefficient (Wildman–Crippen LogP) is 5.21. The van der Waals surface area contributed by atoms with Gasteiger partial charge < -0.3 is 15.0 Å². The van der Waals surface area contributed by atoms with Crippen molar-refractivity contribution in [2.75, 3.05) is 23.9 Å². The van der Waals surface area contributed by atoms with Crippen LogP contribution in [0.25, 0.3) is 0 Å². The minimum absolute atomic E-state index is 0.0281. The number of para-hydroxylation sites is 1. The standard InChI is InChI=1S/C25H24N2O3S/c1-17-6-5-7-19(14-17)26-24(28)16-27-21-8-3-4-9-22(21)31-23(15-25(27)29)18-10-12-20(30-2)13-11-18/h3-14,23H,15-16H2,1-2H3,(H,26,28). The third-order valence-corrected chi connectivity index (χ3v) is 6.50. The zero-order valence-corrected chi connectivity index (χ0v) is 18.3. The van der Waals surface area contributed by atoms with Crippen LogP contribution in [-0.4, -0.2) is 25.5 Å². The molecule has 0 saturated carbocycles. The highest BCUT2D eigenvalue weighted by atomic mass is 32.2. The summed E-state index contributed by atoms with van der Waals surface area (Å²) in [6, 6.07) is 23.2. The molecule has 1 aliphatic rings. The number of rotatable bonds is 5. The molecule has 2 amide bonds. The molecule has 6 heteroatoms. The number of amides is 2. The Morgan fingerprint density at radius 1 is 1.10 bits per heavy atom. The van der Waals surface area contributed by atoms with Crippen molar-refractivity contribution in [2.24, 2.45) is 0 Å². The highest BCUT2D eigenvalue weighted by Gasteiger charge is 2.30. The summed E-state index contributed by atoms with van der Waals surface area (Å²) >= 11 is 1.65. The van der Waals surface area contributed by atoms with E-state index in [1.54, 1.807) is 23.8 Å². The van der Waals surface area contributed by atoms with Gasteiger partial charge in [-0.05, 0) is 54.4 Å². The summed E-state index contributed by atoms with van der Waals surface area (Å²) in [6.07, 6.45) is 0.309. The predicted molar refractivity (Wildman–Crippen MR) is 125 cm³/mol. The number of fused-ring (bicyclic) bond motifs is 1. The highest BCUT2D eigenvalue weighted by molar-refractivity contribution is 7.99. The van der Waals surface area contributed by atoms with Crippen molar-refractivity contribution >= 4 is 35.0 Å². The Kier molecular flexibility index (Phi) is 6.28. The van der Waals surface area contributed by atoms with Gasteiger partial charge in [0.1, 0.15) is 12.3 Å². The lowest BCUT2D eigenvalue weighted by Gasteiger charge is -2.22. The molecule has 5 nitrogen and oxygen atoms in total. The maximum atomic E-state index is 13.2. The number of benzene rings is 3. The molecule has 3 aromatic rings. The fraction of sp³-hybridized carbons (Fsp3) is 0.200. The molecule has 4 rings (SSSR count). The number of anilines is 2. The number of thioether (sulfide) groups is 1. The van der Waals surface area contributed by atoms with Gasteiger partial charge in [-0.15, -0.1) is 11.8 Å². The average Bonchev–Trinajstić information content (AvgIpc) is 2.90. The Balaban J connectivity index is 1.57. The van der Waals surface area contributed by atoms with E-state index >= 15 is 0 Å². The van der Waals surface area contributed by atoms with Crippen molar-refractivity contribution in [3.05, 3.63) is 83.9 Å². The second kappa shape index (κ2) is 9.27. The van der Waals surface area contributed by atoms with Crippen LogP contribution in [0.1, 0.15) is 22.8 Å². The van der Waals surface area contributed by atoms with Crippen LogP contribution in [0.3, 0.4) is 0 Å². The Morgan fingerprint density at radius 2 is 1.87 bits per heavy atom. The van der Waals surface area contributed by atoms with Gasteiger partial charge in [-0.1, -0.05) is 36.4 Å². The van der Waals surface area contributed by atoms with E-state index in [-0.39, 0.29) is 23.6 Å². The molecule has 158 valence electrons. The van der Waals surface area contributed by atoms with Gasteiger partial charge in [0.2, 0.25) is 11.8 Å². The van der Waals surface area contributed by atoms with Crippen LogP contribution in [0.5, 0.6) is 5.75 Å². The van der Waals surface area contributed by atoms with Crippen LogP contribution in [0.4, 0.5) is 11.4 Å². The summed E-state index contributed by atoms with van der Waals surface area (Å²) in [5, 5.41) is 2.87. The van der Waals surface area contributed by atoms with Crippen molar-refractivity contribution in [2.45, 2.75) is 23.5 Å². The number of hydrogen-bond acceptors (Lipinski definition) is 4. The van der Waals surface area contributed by atoms with Gasteiger partial charge in [-0.2, -0.15) is 0 Å². The smallest absolute Gasteiger partial charge is 0.244 e. The molecule has 0 bridgehead atoms. The van der Waals surface area contributed by atoms with Gasteiger partial charge in [-0.3, -0.25) is 9.59 Å². The van der Waals surface area contributed by atoms with Crippen LogP contribution < -0.4 is 15.0 Å². The maximum absolute atomic E-state index is 13.2. The van der Waals surface area contributed by atoms with Gasteiger partial charge in [0.25, 0.3) is 0 Å². The molecule has 31 heavy (non-hydrogen) atoms. The highest BCUT2D eigenvalue weighted by Crippen LogP contribution is 2.45. The van der Waals surface area contributed by atoms with E-state index in [1.807, 2.05) is 79.7 Å². The van der Waals surface area contributed by atoms with Gasteiger partial charge >= 0.3 is 0 Å². The second-order valence-corrected chi connectivity index (χ2v) is 8.69. The molecule has 0 saturated heterocycles. The molecule has 3 aromatic carbocycles. The number of methoxy groups -OCH3 is 1. The molecule has 1 aliphatic heterocycles. The minimum Gasteiger partial charge on any atom is -0.497 e. The fourth-order valence-corrected chi connectivity index (χ4v) is 4.90. The lowest BCUT2D eigenvalue weighted by molar-refractivity contribution is -0.121. The normalized spacial score (nSPS) is 15.7. The number of hydrogen-bond donors (Lipinski definition) is 1. The Bertz CT molecular complexity index is 1100. The number of nitrogens with zero attached hydrogens (tertiary/aromatic N) is 1. The van der Waals surface area contributed by atoms with Crippen LogP contribution in [-0.2, 0) is 9.59 Å². The zero-order valence-electron chi connectivity index (χ0n) is 17.5. The van der Waals surface area contributed by atoms with Gasteiger partial charge in [0, 0.05) is 22.3 Å². The SMILES string of the molecule is COc1ccc(C2CC(=O)N(CC(=O)Nc3cccc(C)c3)c3ccccc3S2)cc1. The molecule has 0 spiro atoms. The monoisotopic (exact) mass is 432 g/mol. The quantitative estimate of drug-likeness (QED) is 0.601. The Labute approximate surface area is 186 Å². The van der Waals surface area contributed by atoms with Crippen molar-refractivity contribution in [1.82, 2.24) is 0 Å². The summed E-state index contributed by atoms with van der Waals surface area (Å²) < 4.78 is 5.25. The maximum Gasteiger partial charge on any atom is 0.244 e. The topological polar surface area (TPSA) is 58.6 Å². The van der Waals surface area contributed by atoms with Crippen LogP contribution >= 0.6 is 11.8 Å². The van der Waals surface area contributed by atoms with E-state index in [0.717, 1.165) is 33.1 Å². The van der Waals surface area contributed by atoms with Crippen molar-refractivity contribution in [3.8, 4) is 5.75 Å². The lowest BCUT2D eigenvalue weighted by Crippen LogP contribution is -2.38. The molecule has 1 N–H and O–H groups in total. The number of nitrogens with one attached hydrogen (secondary N) is 1. The summed E-state index contributed by atoms with van der Waals surface area (Å²) in [7, 11) is 1.63.